The van der Waals surface area contributed by atoms with Crippen molar-refractivity contribution in [1.82, 2.24) is 30.0 Å². The molecule has 7 nitrogen and oxygen atoms in total. The Balaban J connectivity index is 1.42. The van der Waals surface area contributed by atoms with Gasteiger partial charge in [0.25, 0.3) is 5.91 Å². The highest BCUT2D eigenvalue weighted by molar-refractivity contribution is 7.13. The SMILES string of the molecule is Cc1nc([C@]23CN(Cc4ccccc4)C[C@H]2CN(C(=O)c2sc(C)nc2C)C3)n[nH]1. The first-order valence-corrected chi connectivity index (χ1v) is 11.2. The van der Waals surface area contributed by atoms with E-state index in [9.17, 15) is 4.79 Å². The van der Waals surface area contributed by atoms with Gasteiger partial charge in [0.2, 0.25) is 0 Å². The lowest BCUT2D eigenvalue weighted by atomic mass is 9.80. The maximum atomic E-state index is 13.3. The molecule has 1 aromatic carbocycles. The molecule has 2 fully saturated rings. The van der Waals surface area contributed by atoms with Crippen LogP contribution in [0.5, 0.6) is 0 Å². The van der Waals surface area contributed by atoms with Crippen LogP contribution in [0.4, 0.5) is 0 Å². The average molecular weight is 423 g/mol. The second kappa shape index (κ2) is 7.28. The number of aromatic amines is 1. The van der Waals surface area contributed by atoms with Gasteiger partial charge in [0.05, 0.1) is 16.1 Å². The van der Waals surface area contributed by atoms with Gasteiger partial charge in [-0.25, -0.2) is 9.97 Å². The second-order valence-electron chi connectivity index (χ2n) is 8.59. The summed E-state index contributed by atoms with van der Waals surface area (Å²) in [6.45, 7) is 9.88. The van der Waals surface area contributed by atoms with Crippen LogP contribution in [0.25, 0.3) is 0 Å². The Hall–Kier alpha value is -2.58. The number of amides is 1. The van der Waals surface area contributed by atoms with E-state index in [4.69, 9.17) is 4.98 Å². The Labute approximate surface area is 180 Å². The number of thiazole rings is 1. The standard InChI is InChI=1S/C22H26N6OS/c1-14-19(30-16(3)23-14)20(29)28-11-18-10-27(9-17-7-5-4-6-8-17)12-22(18,13-28)21-24-15(2)25-26-21/h4-8,18H,9-13H2,1-3H3,(H,24,25,26)/t18-,22-/m0/s1. The Morgan fingerprint density at radius 1 is 1.17 bits per heavy atom. The van der Waals surface area contributed by atoms with Crippen molar-refractivity contribution in [3.05, 3.63) is 63.1 Å². The smallest absolute Gasteiger partial charge is 0.265 e. The van der Waals surface area contributed by atoms with E-state index in [0.717, 1.165) is 53.4 Å². The zero-order valence-corrected chi connectivity index (χ0v) is 18.4. The second-order valence-corrected chi connectivity index (χ2v) is 9.79. The third-order valence-corrected chi connectivity index (χ3v) is 7.42. The van der Waals surface area contributed by atoms with Gasteiger partial charge in [-0.1, -0.05) is 30.3 Å². The number of H-pyrrole nitrogens is 1. The predicted octanol–water partition coefficient (Wildman–Crippen LogP) is 2.71. The molecule has 30 heavy (non-hydrogen) atoms. The summed E-state index contributed by atoms with van der Waals surface area (Å²) in [5.41, 5.74) is 1.90. The first-order valence-electron chi connectivity index (χ1n) is 10.3. The van der Waals surface area contributed by atoms with Crippen LogP contribution in [0.2, 0.25) is 0 Å². The molecule has 2 saturated heterocycles. The molecule has 3 aromatic rings. The number of hydrogen-bond acceptors (Lipinski definition) is 6. The van der Waals surface area contributed by atoms with Crippen LogP contribution in [0.15, 0.2) is 30.3 Å². The summed E-state index contributed by atoms with van der Waals surface area (Å²) >= 11 is 1.49. The van der Waals surface area contributed by atoms with Gasteiger partial charge in [-0.05, 0) is 26.3 Å². The number of carbonyl (C=O) groups is 1. The van der Waals surface area contributed by atoms with E-state index in [1.807, 2.05) is 31.7 Å². The Kier molecular flexibility index (Phi) is 4.71. The van der Waals surface area contributed by atoms with Gasteiger partial charge in [-0.15, -0.1) is 11.3 Å². The van der Waals surface area contributed by atoms with Gasteiger partial charge in [0.1, 0.15) is 10.7 Å². The molecule has 1 N–H and O–H groups in total. The van der Waals surface area contributed by atoms with Crippen molar-refractivity contribution in [2.45, 2.75) is 32.7 Å². The molecule has 0 aliphatic carbocycles. The van der Waals surface area contributed by atoms with Crippen molar-refractivity contribution in [3.63, 3.8) is 0 Å². The highest BCUT2D eigenvalue weighted by atomic mass is 32.1. The molecule has 1 amide bonds. The van der Waals surface area contributed by atoms with Crippen molar-refractivity contribution < 1.29 is 4.79 Å². The minimum atomic E-state index is -0.233. The number of aryl methyl sites for hydroxylation is 3. The molecule has 0 bridgehead atoms. The van der Waals surface area contributed by atoms with E-state index in [-0.39, 0.29) is 11.3 Å². The van der Waals surface area contributed by atoms with Gasteiger partial charge in [-0.3, -0.25) is 14.8 Å². The lowest BCUT2D eigenvalue weighted by Gasteiger charge is -2.27. The summed E-state index contributed by atoms with van der Waals surface area (Å²) in [4.78, 5) is 27.7. The number of benzene rings is 1. The minimum Gasteiger partial charge on any atom is -0.336 e. The van der Waals surface area contributed by atoms with E-state index < -0.39 is 0 Å². The number of carbonyl (C=O) groups excluding carboxylic acids is 1. The summed E-state index contributed by atoms with van der Waals surface area (Å²) in [6.07, 6.45) is 0. The lowest BCUT2D eigenvalue weighted by molar-refractivity contribution is 0.0772. The summed E-state index contributed by atoms with van der Waals surface area (Å²) in [5.74, 6) is 2.06. The summed E-state index contributed by atoms with van der Waals surface area (Å²) in [7, 11) is 0. The van der Waals surface area contributed by atoms with Crippen LogP contribution in [0.1, 0.15) is 37.6 Å². The molecule has 2 aromatic heterocycles. The first-order chi connectivity index (χ1) is 14.4. The van der Waals surface area contributed by atoms with Gasteiger partial charge in [0, 0.05) is 38.6 Å². The van der Waals surface area contributed by atoms with Crippen LogP contribution >= 0.6 is 11.3 Å². The van der Waals surface area contributed by atoms with Gasteiger partial charge in [0.15, 0.2) is 5.82 Å². The van der Waals surface area contributed by atoms with E-state index in [0.29, 0.717) is 12.5 Å². The molecule has 0 spiro atoms. The van der Waals surface area contributed by atoms with Crippen molar-refractivity contribution in [2.75, 3.05) is 26.2 Å². The Morgan fingerprint density at radius 3 is 2.63 bits per heavy atom. The maximum Gasteiger partial charge on any atom is 0.265 e. The highest BCUT2D eigenvalue weighted by Crippen LogP contribution is 2.44. The number of likely N-dealkylation sites (tertiary alicyclic amines) is 2. The van der Waals surface area contributed by atoms with Crippen molar-refractivity contribution in [3.8, 4) is 0 Å². The van der Waals surface area contributed by atoms with E-state index in [2.05, 4.69) is 44.3 Å². The van der Waals surface area contributed by atoms with Crippen molar-refractivity contribution >= 4 is 17.2 Å². The number of rotatable bonds is 4. The first kappa shape index (κ1) is 19.4. The predicted molar refractivity (Wildman–Crippen MR) is 115 cm³/mol. The highest BCUT2D eigenvalue weighted by Gasteiger charge is 2.56. The van der Waals surface area contributed by atoms with Gasteiger partial charge in [-0.2, -0.15) is 5.10 Å². The molecule has 5 rings (SSSR count). The van der Waals surface area contributed by atoms with Crippen LogP contribution in [0.3, 0.4) is 0 Å². The molecule has 156 valence electrons. The topological polar surface area (TPSA) is 78.0 Å². The van der Waals surface area contributed by atoms with Gasteiger partial charge < -0.3 is 4.90 Å². The monoisotopic (exact) mass is 422 g/mol. The number of hydrogen-bond donors (Lipinski definition) is 1. The number of fused-ring (bicyclic) bond motifs is 1. The summed E-state index contributed by atoms with van der Waals surface area (Å²) < 4.78 is 0. The largest absolute Gasteiger partial charge is 0.336 e. The third-order valence-electron chi connectivity index (χ3n) is 6.36. The Bertz CT molecular complexity index is 1080. The molecular weight excluding hydrogens is 396 g/mol. The quantitative estimate of drug-likeness (QED) is 0.700. The zero-order valence-electron chi connectivity index (χ0n) is 17.6. The van der Waals surface area contributed by atoms with Crippen molar-refractivity contribution in [1.29, 1.82) is 0 Å². The number of aromatic nitrogens is 4. The molecule has 0 unspecified atom stereocenters. The minimum absolute atomic E-state index is 0.0914. The van der Waals surface area contributed by atoms with Crippen LogP contribution in [-0.4, -0.2) is 62.1 Å². The molecule has 0 saturated carbocycles. The third kappa shape index (κ3) is 3.24. The Morgan fingerprint density at radius 2 is 1.97 bits per heavy atom. The molecular formula is C22H26N6OS. The summed E-state index contributed by atoms with van der Waals surface area (Å²) in [6, 6.07) is 10.6. The van der Waals surface area contributed by atoms with E-state index >= 15 is 0 Å². The van der Waals surface area contributed by atoms with Crippen molar-refractivity contribution in [2.24, 2.45) is 5.92 Å². The molecule has 0 radical (unpaired) electrons. The fourth-order valence-corrected chi connectivity index (χ4v) is 5.93. The van der Waals surface area contributed by atoms with Crippen LogP contribution in [-0.2, 0) is 12.0 Å². The fraction of sp³-hybridized carbons (Fsp3) is 0.455. The number of nitrogens with one attached hydrogen (secondary N) is 1. The lowest BCUT2D eigenvalue weighted by Crippen LogP contribution is -2.40. The molecule has 4 heterocycles. The summed E-state index contributed by atoms with van der Waals surface area (Å²) in [5, 5.41) is 8.50. The average Bonchev–Trinajstić information content (AvgIpc) is 3.45. The van der Waals surface area contributed by atoms with Gasteiger partial charge >= 0.3 is 0 Å². The molecule has 2 atom stereocenters. The van der Waals surface area contributed by atoms with E-state index in [1.54, 1.807) is 0 Å². The number of nitrogens with zero attached hydrogens (tertiary/aromatic N) is 5. The van der Waals surface area contributed by atoms with E-state index in [1.165, 1.54) is 16.9 Å². The van der Waals surface area contributed by atoms with Crippen LogP contribution < -0.4 is 0 Å². The molecule has 2 aliphatic rings. The maximum absolute atomic E-state index is 13.3. The molecule has 8 heteroatoms. The normalized spacial score (nSPS) is 23.8. The molecule has 2 aliphatic heterocycles. The van der Waals surface area contributed by atoms with Crippen LogP contribution in [0, 0.1) is 26.7 Å². The zero-order chi connectivity index (χ0) is 20.9. The fourth-order valence-electron chi connectivity index (χ4n) is 5.04.